The SMILES string of the molecule is CCCCCCCc1cc(C(=O)O)ncc1C(=O)NS(=O)(=O)c1ccc(C(=O)NCCOc2ccccc2)cc1. The van der Waals surface area contributed by atoms with Gasteiger partial charge >= 0.3 is 5.97 Å². The van der Waals surface area contributed by atoms with Gasteiger partial charge in [-0.05, 0) is 60.9 Å². The van der Waals surface area contributed by atoms with E-state index in [0.717, 1.165) is 38.3 Å². The Hall–Kier alpha value is -4.25. The molecule has 0 atom stereocenters. The number of amides is 2. The number of para-hydroxylation sites is 1. The minimum absolute atomic E-state index is 0.00205. The lowest BCUT2D eigenvalue weighted by molar-refractivity contribution is 0.0689. The van der Waals surface area contributed by atoms with Gasteiger partial charge in [-0.3, -0.25) is 9.59 Å². The molecule has 10 nitrogen and oxygen atoms in total. The van der Waals surface area contributed by atoms with E-state index in [1.54, 1.807) is 12.1 Å². The number of ether oxygens (including phenoxy) is 1. The van der Waals surface area contributed by atoms with Gasteiger partial charge in [-0.1, -0.05) is 50.8 Å². The monoisotopic (exact) mass is 567 g/mol. The van der Waals surface area contributed by atoms with Gasteiger partial charge in [0.05, 0.1) is 17.0 Å². The molecule has 3 rings (SSSR count). The number of aryl methyl sites for hydroxylation is 1. The molecule has 0 aliphatic rings. The van der Waals surface area contributed by atoms with Crippen molar-refractivity contribution in [1.82, 2.24) is 15.0 Å². The third-order valence-corrected chi connectivity index (χ3v) is 7.40. The van der Waals surface area contributed by atoms with E-state index < -0.39 is 27.8 Å². The van der Waals surface area contributed by atoms with E-state index in [-0.39, 0.29) is 34.9 Å². The standard InChI is InChI=1S/C29H33N3O7S/c1-2-3-4-5-7-10-22-19-26(29(35)36)31-20-25(22)28(34)32-40(37,38)24-15-13-21(14-16-24)27(33)30-17-18-39-23-11-8-6-9-12-23/h6,8-9,11-16,19-20H,2-5,7,10,17-18H2,1H3,(H,30,33)(H,32,34)(H,35,36). The van der Waals surface area contributed by atoms with E-state index >= 15 is 0 Å². The average molecular weight is 568 g/mol. The number of carbonyl (C=O) groups is 3. The first-order valence-corrected chi connectivity index (χ1v) is 14.5. The second-order valence-electron chi connectivity index (χ2n) is 9.07. The van der Waals surface area contributed by atoms with E-state index in [2.05, 4.69) is 17.2 Å². The molecule has 2 aromatic carbocycles. The zero-order chi connectivity index (χ0) is 29.0. The highest BCUT2D eigenvalue weighted by molar-refractivity contribution is 7.90. The smallest absolute Gasteiger partial charge is 0.354 e. The van der Waals surface area contributed by atoms with Crippen LogP contribution in [0.2, 0.25) is 0 Å². The van der Waals surface area contributed by atoms with Gasteiger partial charge < -0.3 is 15.2 Å². The van der Waals surface area contributed by atoms with Crippen LogP contribution in [0.4, 0.5) is 0 Å². The number of sulfonamides is 1. The molecule has 0 bridgehead atoms. The molecule has 0 aliphatic carbocycles. The van der Waals surface area contributed by atoms with Crippen molar-refractivity contribution in [3.8, 4) is 5.75 Å². The number of pyridine rings is 1. The molecule has 11 heteroatoms. The first-order chi connectivity index (χ1) is 19.2. The highest BCUT2D eigenvalue weighted by Crippen LogP contribution is 2.17. The molecule has 0 saturated carbocycles. The average Bonchev–Trinajstić information content (AvgIpc) is 2.95. The van der Waals surface area contributed by atoms with Crippen LogP contribution in [0.1, 0.15) is 75.8 Å². The Labute approximate surface area is 233 Å². The van der Waals surface area contributed by atoms with Gasteiger partial charge in [-0.2, -0.15) is 0 Å². The zero-order valence-corrected chi connectivity index (χ0v) is 23.1. The Bertz CT molecular complexity index is 1410. The van der Waals surface area contributed by atoms with Crippen LogP contribution in [0.15, 0.2) is 71.8 Å². The van der Waals surface area contributed by atoms with E-state index in [1.165, 1.54) is 30.3 Å². The number of carboxylic acid groups (broad SMARTS) is 1. The van der Waals surface area contributed by atoms with Gasteiger partial charge in [0.1, 0.15) is 18.1 Å². The maximum Gasteiger partial charge on any atom is 0.354 e. The minimum atomic E-state index is -4.27. The van der Waals surface area contributed by atoms with Gasteiger partial charge in [0.2, 0.25) is 0 Å². The molecule has 1 aromatic heterocycles. The summed E-state index contributed by atoms with van der Waals surface area (Å²) in [5, 5.41) is 12.0. The zero-order valence-electron chi connectivity index (χ0n) is 22.3. The van der Waals surface area contributed by atoms with Crippen molar-refractivity contribution < 1.29 is 32.6 Å². The first kappa shape index (κ1) is 30.3. The molecular formula is C29H33N3O7S. The van der Waals surface area contributed by atoms with Crippen LogP contribution in [0.25, 0.3) is 0 Å². The van der Waals surface area contributed by atoms with E-state index in [9.17, 15) is 27.9 Å². The molecule has 0 unspecified atom stereocenters. The normalized spacial score (nSPS) is 11.0. The summed E-state index contributed by atoms with van der Waals surface area (Å²) in [6.45, 7) is 2.60. The summed E-state index contributed by atoms with van der Waals surface area (Å²) < 4.78 is 33.3. The fourth-order valence-corrected chi connectivity index (χ4v) is 4.88. The highest BCUT2D eigenvalue weighted by atomic mass is 32.2. The Balaban J connectivity index is 1.62. The molecule has 0 radical (unpaired) electrons. The predicted molar refractivity (Wildman–Crippen MR) is 149 cm³/mol. The number of nitrogens with one attached hydrogen (secondary N) is 2. The van der Waals surface area contributed by atoms with E-state index in [0.29, 0.717) is 17.7 Å². The highest BCUT2D eigenvalue weighted by Gasteiger charge is 2.22. The molecule has 0 spiro atoms. The minimum Gasteiger partial charge on any atom is -0.492 e. The van der Waals surface area contributed by atoms with Crippen molar-refractivity contribution in [2.24, 2.45) is 0 Å². The van der Waals surface area contributed by atoms with Crippen LogP contribution in [0.3, 0.4) is 0 Å². The Morgan fingerprint density at radius 2 is 1.62 bits per heavy atom. The summed E-state index contributed by atoms with van der Waals surface area (Å²) in [5.41, 5.74) is 0.435. The van der Waals surface area contributed by atoms with Gasteiger partial charge in [0.15, 0.2) is 0 Å². The Kier molecular flexibility index (Phi) is 11.2. The van der Waals surface area contributed by atoms with Crippen molar-refractivity contribution in [3.63, 3.8) is 0 Å². The summed E-state index contributed by atoms with van der Waals surface area (Å²) in [5.74, 6) is -1.87. The summed E-state index contributed by atoms with van der Waals surface area (Å²) >= 11 is 0. The maximum absolute atomic E-state index is 12.9. The number of aromatic nitrogens is 1. The summed E-state index contributed by atoms with van der Waals surface area (Å²) in [6, 6.07) is 15.6. The second kappa shape index (κ2) is 14.8. The Morgan fingerprint density at radius 3 is 2.30 bits per heavy atom. The van der Waals surface area contributed by atoms with E-state index in [1.807, 2.05) is 22.9 Å². The molecule has 212 valence electrons. The number of aromatic carboxylic acids is 1. The van der Waals surface area contributed by atoms with Gasteiger partial charge in [-0.25, -0.2) is 22.9 Å². The number of carbonyl (C=O) groups excluding carboxylic acids is 2. The lowest BCUT2D eigenvalue weighted by Crippen LogP contribution is -2.32. The summed E-state index contributed by atoms with van der Waals surface area (Å²) in [6.07, 6.45) is 6.28. The van der Waals surface area contributed by atoms with Crippen molar-refractivity contribution in [2.75, 3.05) is 13.2 Å². The molecule has 0 fully saturated rings. The molecule has 0 saturated heterocycles. The molecular weight excluding hydrogens is 534 g/mol. The van der Waals surface area contributed by atoms with Gasteiger partial charge in [0.25, 0.3) is 21.8 Å². The molecule has 2 amide bonds. The van der Waals surface area contributed by atoms with Crippen molar-refractivity contribution >= 4 is 27.8 Å². The van der Waals surface area contributed by atoms with Crippen LogP contribution in [-0.4, -0.2) is 49.4 Å². The number of carboxylic acids is 1. The van der Waals surface area contributed by atoms with Gasteiger partial charge in [0, 0.05) is 11.8 Å². The largest absolute Gasteiger partial charge is 0.492 e. The van der Waals surface area contributed by atoms with E-state index in [4.69, 9.17) is 4.74 Å². The Morgan fingerprint density at radius 1 is 0.925 bits per heavy atom. The van der Waals surface area contributed by atoms with Crippen LogP contribution in [0, 0.1) is 0 Å². The lowest BCUT2D eigenvalue weighted by Gasteiger charge is -2.12. The number of hydrogen-bond donors (Lipinski definition) is 3. The van der Waals surface area contributed by atoms with Gasteiger partial charge in [-0.15, -0.1) is 0 Å². The van der Waals surface area contributed by atoms with Crippen LogP contribution >= 0.6 is 0 Å². The topological polar surface area (TPSA) is 152 Å². The summed E-state index contributed by atoms with van der Waals surface area (Å²) in [7, 11) is -4.27. The maximum atomic E-state index is 12.9. The molecule has 0 aliphatic heterocycles. The predicted octanol–water partition coefficient (Wildman–Crippen LogP) is 4.22. The van der Waals surface area contributed by atoms with Crippen molar-refractivity contribution in [1.29, 1.82) is 0 Å². The number of rotatable bonds is 15. The first-order valence-electron chi connectivity index (χ1n) is 13.1. The third-order valence-electron chi connectivity index (χ3n) is 6.06. The number of nitrogens with zero attached hydrogens (tertiary/aromatic N) is 1. The van der Waals surface area contributed by atoms with Crippen LogP contribution in [0.5, 0.6) is 5.75 Å². The second-order valence-corrected chi connectivity index (χ2v) is 10.8. The van der Waals surface area contributed by atoms with Crippen molar-refractivity contribution in [3.05, 3.63) is 89.2 Å². The molecule has 3 aromatic rings. The fraction of sp³-hybridized carbons (Fsp3) is 0.310. The molecule has 1 heterocycles. The summed E-state index contributed by atoms with van der Waals surface area (Å²) in [4.78, 5) is 40.3. The lowest BCUT2D eigenvalue weighted by atomic mass is 10.0. The van der Waals surface area contributed by atoms with Crippen LogP contribution in [-0.2, 0) is 16.4 Å². The number of hydrogen-bond acceptors (Lipinski definition) is 7. The number of benzene rings is 2. The number of unbranched alkanes of at least 4 members (excludes halogenated alkanes) is 4. The van der Waals surface area contributed by atoms with Crippen molar-refractivity contribution in [2.45, 2.75) is 50.3 Å². The molecule has 3 N–H and O–H groups in total. The quantitative estimate of drug-likeness (QED) is 0.231. The molecule has 40 heavy (non-hydrogen) atoms. The fourth-order valence-electron chi connectivity index (χ4n) is 3.92. The third kappa shape index (κ3) is 8.91. The van der Waals surface area contributed by atoms with Crippen LogP contribution < -0.4 is 14.8 Å².